The minimum absolute atomic E-state index is 0.0630. The third-order valence-electron chi connectivity index (χ3n) is 7.77. The van der Waals surface area contributed by atoms with Crippen molar-refractivity contribution in [3.8, 4) is 5.75 Å². The van der Waals surface area contributed by atoms with Crippen molar-refractivity contribution in [1.82, 2.24) is 0 Å². The lowest BCUT2D eigenvalue weighted by atomic mass is 9.76. The Morgan fingerprint density at radius 2 is 1.53 bits per heavy atom. The van der Waals surface area contributed by atoms with Crippen molar-refractivity contribution in [3.05, 3.63) is 41.7 Å². The zero-order valence-electron chi connectivity index (χ0n) is 19.4. The maximum atomic E-state index is 14.2. The standard InChI is InChI=1S/C26H38F4OSi/c1-2-3-4-13-32-14-11-20(12-15-32)6-5-19-7-9-21(10-8-19)22-16-23(27)26(24(28)17-22)31-18-25(29)30/h16-21,32H,2-15H2,1H3/t19-,20?,21-,32?. The SMILES string of the molecule is CCCCC[SiH]1CCC(CC[C@H]2CC[C@H](c3cc(F)c(OC=C(F)F)c(F)c3)CC2)CC1. The van der Waals surface area contributed by atoms with Crippen LogP contribution in [0.4, 0.5) is 17.6 Å². The number of halogens is 4. The maximum Gasteiger partial charge on any atom is 0.305 e. The summed E-state index contributed by atoms with van der Waals surface area (Å²) in [7, 11) is -0.431. The topological polar surface area (TPSA) is 9.23 Å². The maximum absolute atomic E-state index is 14.2. The summed E-state index contributed by atoms with van der Waals surface area (Å²) in [4.78, 5) is 0. The van der Waals surface area contributed by atoms with Crippen LogP contribution in [0.25, 0.3) is 0 Å². The number of rotatable bonds is 10. The van der Waals surface area contributed by atoms with Gasteiger partial charge >= 0.3 is 6.08 Å². The Bertz CT molecular complexity index is 710. The summed E-state index contributed by atoms with van der Waals surface area (Å²) >= 11 is 0. The summed E-state index contributed by atoms with van der Waals surface area (Å²) in [5.41, 5.74) is 0.613. The summed E-state index contributed by atoms with van der Waals surface area (Å²) in [6.07, 6.45) is 11.7. The lowest BCUT2D eigenvalue weighted by Gasteiger charge is -2.32. The summed E-state index contributed by atoms with van der Waals surface area (Å²) in [5.74, 6) is -0.843. The molecule has 0 radical (unpaired) electrons. The third kappa shape index (κ3) is 7.63. The molecule has 0 amide bonds. The van der Waals surface area contributed by atoms with E-state index in [9.17, 15) is 17.6 Å². The molecule has 1 saturated carbocycles. The summed E-state index contributed by atoms with van der Waals surface area (Å²) < 4.78 is 57.1. The van der Waals surface area contributed by atoms with Crippen molar-refractivity contribution in [2.75, 3.05) is 0 Å². The van der Waals surface area contributed by atoms with Crippen molar-refractivity contribution < 1.29 is 22.3 Å². The van der Waals surface area contributed by atoms with Crippen molar-refractivity contribution >= 4 is 8.80 Å². The van der Waals surface area contributed by atoms with Crippen LogP contribution in [0.1, 0.15) is 89.0 Å². The molecule has 1 aromatic carbocycles. The molecule has 1 saturated heterocycles. The van der Waals surface area contributed by atoms with Crippen molar-refractivity contribution in [2.45, 2.75) is 102 Å². The highest BCUT2D eigenvalue weighted by atomic mass is 28.3. The first-order valence-electron chi connectivity index (χ1n) is 12.6. The van der Waals surface area contributed by atoms with Crippen LogP contribution in [0, 0.1) is 23.5 Å². The summed E-state index contributed by atoms with van der Waals surface area (Å²) in [6, 6.07) is 7.15. The van der Waals surface area contributed by atoms with Crippen LogP contribution < -0.4 is 4.74 Å². The second kappa shape index (κ2) is 12.8. The van der Waals surface area contributed by atoms with E-state index in [1.165, 1.54) is 57.1 Å². The fourth-order valence-electron chi connectivity index (χ4n) is 5.78. The second-order valence-electron chi connectivity index (χ2n) is 10.0. The van der Waals surface area contributed by atoms with Gasteiger partial charge in [-0.05, 0) is 61.1 Å². The fraction of sp³-hybridized carbons (Fsp3) is 0.692. The zero-order valence-corrected chi connectivity index (χ0v) is 20.5. The average molecular weight is 471 g/mol. The largest absolute Gasteiger partial charge is 0.453 e. The van der Waals surface area contributed by atoms with Gasteiger partial charge in [-0.2, -0.15) is 8.78 Å². The van der Waals surface area contributed by atoms with Crippen LogP contribution in [0.5, 0.6) is 5.75 Å². The Balaban J connectivity index is 1.40. The molecule has 0 unspecified atom stereocenters. The number of unbranched alkanes of at least 4 members (excludes halogenated alkanes) is 2. The Morgan fingerprint density at radius 3 is 2.09 bits per heavy atom. The zero-order chi connectivity index (χ0) is 22.9. The van der Waals surface area contributed by atoms with Gasteiger partial charge in [-0.1, -0.05) is 70.0 Å². The number of hydrogen-bond donors (Lipinski definition) is 0. The molecule has 2 fully saturated rings. The van der Waals surface area contributed by atoms with Gasteiger partial charge < -0.3 is 4.74 Å². The molecule has 0 atom stereocenters. The van der Waals surface area contributed by atoms with Gasteiger partial charge in [-0.3, -0.25) is 0 Å². The minimum Gasteiger partial charge on any atom is -0.453 e. The summed E-state index contributed by atoms with van der Waals surface area (Å²) in [5, 5.41) is 0. The first kappa shape index (κ1) is 25.3. The van der Waals surface area contributed by atoms with Gasteiger partial charge in [-0.25, -0.2) is 8.78 Å². The van der Waals surface area contributed by atoms with Gasteiger partial charge in [0.2, 0.25) is 0 Å². The predicted molar refractivity (Wildman–Crippen MR) is 125 cm³/mol. The van der Waals surface area contributed by atoms with E-state index in [-0.39, 0.29) is 12.2 Å². The van der Waals surface area contributed by atoms with Gasteiger partial charge in [0.1, 0.15) is 0 Å². The highest BCUT2D eigenvalue weighted by Gasteiger charge is 2.27. The monoisotopic (exact) mass is 470 g/mol. The molecule has 1 heterocycles. The molecule has 1 aliphatic carbocycles. The number of benzene rings is 1. The van der Waals surface area contributed by atoms with Crippen LogP contribution in [-0.2, 0) is 0 Å². The van der Waals surface area contributed by atoms with Gasteiger partial charge in [0, 0.05) is 8.80 Å². The van der Waals surface area contributed by atoms with E-state index in [1.54, 1.807) is 18.1 Å². The normalized spacial score (nSPS) is 26.0. The van der Waals surface area contributed by atoms with Crippen LogP contribution in [0.3, 0.4) is 0 Å². The number of hydrogen-bond acceptors (Lipinski definition) is 1. The second-order valence-corrected chi connectivity index (χ2v) is 13.5. The molecule has 0 aromatic heterocycles. The lowest BCUT2D eigenvalue weighted by molar-refractivity contribution is 0.279. The van der Waals surface area contributed by atoms with Crippen LogP contribution >= 0.6 is 0 Å². The van der Waals surface area contributed by atoms with Crippen LogP contribution in [-0.4, -0.2) is 8.80 Å². The molecule has 0 bridgehead atoms. The molecule has 1 aliphatic heterocycles. The highest BCUT2D eigenvalue weighted by molar-refractivity contribution is 6.58. The molecule has 1 nitrogen and oxygen atoms in total. The quantitative estimate of drug-likeness (QED) is 0.143. The van der Waals surface area contributed by atoms with Gasteiger partial charge in [-0.15, -0.1) is 0 Å². The average Bonchev–Trinajstić information content (AvgIpc) is 2.78. The van der Waals surface area contributed by atoms with Gasteiger partial charge in [0.05, 0.1) is 0 Å². The molecular weight excluding hydrogens is 432 g/mol. The summed E-state index contributed by atoms with van der Waals surface area (Å²) in [6.45, 7) is 2.28. The van der Waals surface area contributed by atoms with E-state index >= 15 is 0 Å². The lowest BCUT2D eigenvalue weighted by Crippen LogP contribution is -2.22. The molecule has 1 aromatic rings. The van der Waals surface area contributed by atoms with Crippen LogP contribution in [0.2, 0.25) is 18.1 Å². The number of ether oxygens (including phenoxy) is 1. The van der Waals surface area contributed by atoms with Gasteiger partial charge in [0.25, 0.3) is 0 Å². The first-order chi connectivity index (χ1) is 15.5. The van der Waals surface area contributed by atoms with E-state index in [4.69, 9.17) is 0 Å². The Kier molecular flexibility index (Phi) is 10.1. The Labute approximate surface area is 192 Å². The van der Waals surface area contributed by atoms with Crippen molar-refractivity contribution in [1.29, 1.82) is 0 Å². The Morgan fingerprint density at radius 1 is 0.938 bits per heavy atom. The van der Waals surface area contributed by atoms with E-state index in [0.29, 0.717) is 5.56 Å². The molecule has 32 heavy (non-hydrogen) atoms. The first-order valence-corrected chi connectivity index (χ1v) is 15.1. The van der Waals surface area contributed by atoms with Crippen molar-refractivity contribution in [3.63, 3.8) is 0 Å². The third-order valence-corrected chi connectivity index (χ3v) is 11.3. The molecule has 6 heteroatoms. The smallest absolute Gasteiger partial charge is 0.305 e. The predicted octanol–water partition coefficient (Wildman–Crippen LogP) is 8.96. The fourth-order valence-corrected chi connectivity index (χ4v) is 9.40. The van der Waals surface area contributed by atoms with Crippen molar-refractivity contribution in [2.24, 2.45) is 11.8 Å². The molecule has 2 aliphatic rings. The minimum atomic E-state index is -2.13. The molecule has 0 spiro atoms. The van der Waals surface area contributed by atoms with E-state index < -0.39 is 32.3 Å². The van der Waals surface area contributed by atoms with E-state index in [0.717, 1.165) is 37.5 Å². The highest BCUT2D eigenvalue weighted by Crippen LogP contribution is 2.41. The molecule has 180 valence electrons. The Hall–Kier alpha value is -1.30. The molecule has 3 rings (SSSR count). The van der Waals surface area contributed by atoms with Gasteiger partial charge in [0.15, 0.2) is 23.6 Å². The molecular formula is C26H38F4OSi. The van der Waals surface area contributed by atoms with Crippen LogP contribution in [0.15, 0.2) is 24.5 Å². The van der Waals surface area contributed by atoms with E-state index in [2.05, 4.69) is 11.7 Å². The molecule has 0 N–H and O–H groups in total. The van der Waals surface area contributed by atoms with E-state index in [1.807, 2.05) is 0 Å².